The number of carboxylic acid groups (broad SMARTS) is 1. The van der Waals surface area contributed by atoms with Gasteiger partial charge in [-0.05, 0) is 47.0 Å². The summed E-state index contributed by atoms with van der Waals surface area (Å²) in [6.07, 6.45) is -1.26. The standard InChI is InChI=1S/C26H31FN2O4SSi/c1-25(2,3)35(20-12-8-6-9-13-20,21-14-10-7-11-15-21)29-34(32,33)23-17-16-19(18-22(23)27)26(4,5)28-24(30)31/h6-18,28-29H,1-5H3,(H,30,31). The number of carbonyl (C=O) groups is 1. The zero-order chi connectivity index (χ0) is 26.1. The first kappa shape index (κ1) is 26.6. The Kier molecular flexibility index (Phi) is 7.26. The fourth-order valence-electron chi connectivity index (χ4n) is 4.38. The van der Waals surface area contributed by atoms with Crippen LogP contribution in [0, 0.1) is 5.82 Å². The number of benzene rings is 3. The summed E-state index contributed by atoms with van der Waals surface area (Å²) < 4.78 is 45.8. The minimum absolute atomic E-state index is 0.307. The molecule has 9 heteroatoms. The van der Waals surface area contributed by atoms with Gasteiger partial charge in [0.1, 0.15) is 10.7 Å². The lowest BCUT2D eigenvalue weighted by Crippen LogP contribution is -2.74. The number of nitrogens with one attached hydrogen (secondary N) is 2. The van der Waals surface area contributed by atoms with Crippen LogP contribution in [0.1, 0.15) is 40.2 Å². The van der Waals surface area contributed by atoms with Crippen molar-refractivity contribution >= 4 is 34.7 Å². The van der Waals surface area contributed by atoms with Gasteiger partial charge in [-0.3, -0.25) is 0 Å². The Morgan fingerprint density at radius 1 is 0.857 bits per heavy atom. The summed E-state index contributed by atoms with van der Waals surface area (Å²) in [5.74, 6) is -0.951. The molecule has 3 aromatic rings. The number of rotatable bonds is 7. The molecule has 0 aliphatic carbocycles. The molecular weight excluding hydrogens is 483 g/mol. The Morgan fingerprint density at radius 2 is 1.34 bits per heavy atom. The average molecular weight is 515 g/mol. The minimum atomic E-state index is -4.31. The van der Waals surface area contributed by atoms with E-state index >= 15 is 4.39 Å². The molecule has 0 bridgehead atoms. The normalized spacial score (nSPS) is 12.9. The molecule has 186 valence electrons. The number of amides is 1. The molecule has 3 N–H and O–H groups in total. The summed E-state index contributed by atoms with van der Waals surface area (Å²) in [7, 11) is -7.57. The molecule has 0 radical (unpaired) electrons. The lowest BCUT2D eigenvalue weighted by atomic mass is 9.94. The van der Waals surface area contributed by atoms with E-state index in [4.69, 9.17) is 5.11 Å². The minimum Gasteiger partial charge on any atom is -0.465 e. The van der Waals surface area contributed by atoms with Gasteiger partial charge < -0.3 is 10.4 Å². The van der Waals surface area contributed by atoms with Crippen LogP contribution >= 0.6 is 0 Å². The fraction of sp³-hybridized carbons (Fsp3) is 0.269. The first-order valence-corrected chi connectivity index (χ1v) is 14.7. The highest BCUT2D eigenvalue weighted by atomic mass is 32.2. The van der Waals surface area contributed by atoms with E-state index in [-0.39, 0.29) is 0 Å². The van der Waals surface area contributed by atoms with Gasteiger partial charge in [0.2, 0.25) is 18.3 Å². The number of hydrogen-bond donors (Lipinski definition) is 3. The van der Waals surface area contributed by atoms with Crippen LogP contribution in [-0.4, -0.2) is 27.9 Å². The highest BCUT2D eigenvalue weighted by molar-refractivity contribution is 7.91. The Balaban J connectivity index is 2.18. The Bertz CT molecular complexity index is 1270. The van der Waals surface area contributed by atoms with Crippen LogP contribution in [0.15, 0.2) is 83.8 Å². The highest BCUT2D eigenvalue weighted by Gasteiger charge is 2.51. The number of sulfonamides is 1. The molecule has 3 aromatic carbocycles. The van der Waals surface area contributed by atoms with E-state index in [2.05, 4.69) is 9.70 Å². The molecule has 3 rings (SSSR count). The van der Waals surface area contributed by atoms with Crippen LogP contribution in [0.25, 0.3) is 0 Å². The number of hydrogen-bond acceptors (Lipinski definition) is 3. The number of halogens is 1. The molecule has 0 fully saturated rings. The predicted octanol–water partition coefficient (Wildman–Crippen LogP) is 4.17. The summed E-state index contributed by atoms with van der Waals surface area (Å²) in [4.78, 5) is 10.6. The van der Waals surface area contributed by atoms with E-state index in [0.29, 0.717) is 5.56 Å². The third-order valence-electron chi connectivity index (χ3n) is 6.19. The quantitative estimate of drug-likeness (QED) is 0.413. The molecule has 0 atom stereocenters. The van der Waals surface area contributed by atoms with Crippen LogP contribution < -0.4 is 20.1 Å². The molecule has 0 unspecified atom stereocenters. The molecule has 0 aliphatic heterocycles. The van der Waals surface area contributed by atoms with Crippen LogP contribution in [0.3, 0.4) is 0 Å². The SMILES string of the molecule is CC(C)(NC(=O)O)c1ccc(S(=O)(=O)N[Si](c2ccccc2)(c2ccccc2)C(C)(C)C)c(F)c1. The Labute approximate surface area is 207 Å². The molecule has 0 heterocycles. The zero-order valence-electron chi connectivity index (χ0n) is 20.5. The molecule has 35 heavy (non-hydrogen) atoms. The van der Waals surface area contributed by atoms with Crippen LogP contribution in [0.2, 0.25) is 5.04 Å². The second-order valence-electron chi connectivity index (χ2n) is 10.0. The largest absolute Gasteiger partial charge is 0.465 e. The van der Waals surface area contributed by atoms with Gasteiger partial charge in [-0.15, -0.1) is 0 Å². The summed E-state index contributed by atoms with van der Waals surface area (Å²) in [6.45, 7) is 9.11. The van der Waals surface area contributed by atoms with Gasteiger partial charge in [-0.1, -0.05) is 87.5 Å². The van der Waals surface area contributed by atoms with Gasteiger partial charge in [0.15, 0.2) is 0 Å². The van der Waals surface area contributed by atoms with Crippen molar-refractivity contribution in [3.63, 3.8) is 0 Å². The van der Waals surface area contributed by atoms with Crippen molar-refractivity contribution < 1.29 is 22.7 Å². The van der Waals surface area contributed by atoms with Crippen molar-refractivity contribution in [3.8, 4) is 0 Å². The summed E-state index contributed by atoms with van der Waals surface area (Å²) in [5, 5.41) is 12.6. The van der Waals surface area contributed by atoms with Gasteiger partial charge in [0.25, 0.3) is 0 Å². The lowest BCUT2D eigenvalue weighted by molar-refractivity contribution is 0.182. The summed E-state index contributed by atoms with van der Waals surface area (Å²) in [6, 6.07) is 22.5. The molecule has 1 amide bonds. The van der Waals surface area contributed by atoms with Gasteiger partial charge in [-0.2, -0.15) is 0 Å². The van der Waals surface area contributed by atoms with Gasteiger partial charge >= 0.3 is 6.09 Å². The van der Waals surface area contributed by atoms with Crippen LogP contribution in [0.5, 0.6) is 0 Å². The maximum absolute atomic E-state index is 15.3. The van der Waals surface area contributed by atoms with Gasteiger partial charge in [0, 0.05) is 0 Å². The van der Waals surface area contributed by atoms with Crippen molar-refractivity contribution in [1.82, 2.24) is 9.70 Å². The van der Waals surface area contributed by atoms with Crippen molar-refractivity contribution in [2.24, 2.45) is 0 Å². The van der Waals surface area contributed by atoms with Crippen molar-refractivity contribution in [2.45, 2.75) is 50.1 Å². The Hall–Kier alpha value is -3.01. The summed E-state index contributed by atoms with van der Waals surface area (Å²) in [5.41, 5.74) is -0.804. The average Bonchev–Trinajstić information content (AvgIpc) is 2.77. The first-order chi connectivity index (χ1) is 16.2. The smallest absolute Gasteiger partial charge is 0.405 e. The van der Waals surface area contributed by atoms with E-state index in [1.807, 2.05) is 81.4 Å². The summed E-state index contributed by atoms with van der Waals surface area (Å²) >= 11 is 0. The van der Waals surface area contributed by atoms with E-state index in [9.17, 15) is 13.2 Å². The zero-order valence-corrected chi connectivity index (χ0v) is 22.3. The topological polar surface area (TPSA) is 95.5 Å². The molecule has 6 nitrogen and oxygen atoms in total. The Morgan fingerprint density at radius 3 is 1.74 bits per heavy atom. The molecule has 0 aliphatic rings. The van der Waals surface area contributed by atoms with E-state index < -0.39 is 45.6 Å². The van der Waals surface area contributed by atoms with Crippen LogP contribution in [0.4, 0.5) is 9.18 Å². The predicted molar refractivity (Wildman–Crippen MR) is 139 cm³/mol. The highest BCUT2D eigenvalue weighted by Crippen LogP contribution is 2.35. The first-order valence-electron chi connectivity index (χ1n) is 11.2. The van der Waals surface area contributed by atoms with Gasteiger partial charge in [-0.25, -0.2) is 22.0 Å². The maximum Gasteiger partial charge on any atom is 0.405 e. The second kappa shape index (κ2) is 9.56. The molecular formula is C26H31FN2O4SSi. The maximum atomic E-state index is 15.3. The monoisotopic (exact) mass is 514 g/mol. The molecule has 0 saturated heterocycles. The third-order valence-corrected chi connectivity index (χ3v) is 14.0. The van der Waals surface area contributed by atoms with Crippen molar-refractivity contribution in [3.05, 3.63) is 90.2 Å². The lowest BCUT2D eigenvalue weighted by Gasteiger charge is -2.43. The molecule has 0 aromatic heterocycles. The molecule has 0 saturated carbocycles. The van der Waals surface area contributed by atoms with Crippen molar-refractivity contribution in [1.29, 1.82) is 0 Å². The van der Waals surface area contributed by atoms with E-state index in [1.54, 1.807) is 13.8 Å². The van der Waals surface area contributed by atoms with E-state index in [0.717, 1.165) is 16.4 Å². The van der Waals surface area contributed by atoms with Crippen molar-refractivity contribution in [2.75, 3.05) is 0 Å². The third kappa shape index (κ3) is 5.32. The van der Waals surface area contributed by atoms with E-state index in [1.165, 1.54) is 12.1 Å². The van der Waals surface area contributed by atoms with Crippen LogP contribution in [-0.2, 0) is 15.6 Å². The van der Waals surface area contributed by atoms with Gasteiger partial charge in [0.05, 0.1) is 5.54 Å². The molecule has 0 spiro atoms. The second-order valence-corrected chi connectivity index (χ2v) is 16.5. The fourth-order valence-corrected chi connectivity index (χ4v) is 12.6.